The molecular formula is C22H29N3O2. The second-order valence-corrected chi connectivity index (χ2v) is 7.35. The van der Waals surface area contributed by atoms with Crippen LogP contribution in [0.2, 0.25) is 0 Å². The van der Waals surface area contributed by atoms with Crippen LogP contribution in [0.5, 0.6) is 0 Å². The minimum atomic E-state index is -0.470. The molecule has 3 rings (SSSR count). The normalized spacial score (nSPS) is 20.8. The summed E-state index contributed by atoms with van der Waals surface area (Å²) in [6.45, 7) is 4.84. The second-order valence-electron chi connectivity index (χ2n) is 7.35. The number of rotatable bonds is 7. The third-order valence-electron chi connectivity index (χ3n) is 5.15. The van der Waals surface area contributed by atoms with Gasteiger partial charge in [0.2, 0.25) is 0 Å². The van der Waals surface area contributed by atoms with Gasteiger partial charge >= 0.3 is 5.97 Å². The molecule has 1 aromatic heterocycles. The molecule has 0 bridgehead atoms. The Morgan fingerprint density at radius 3 is 2.85 bits per heavy atom. The molecule has 27 heavy (non-hydrogen) atoms. The molecule has 0 saturated carbocycles. The van der Waals surface area contributed by atoms with Crippen LogP contribution in [0.3, 0.4) is 0 Å². The Hall–Kier alpha value is -2.40. The van der Waals surface area contributed by atoms with Crippen molar-refractivity contribution in [2.24, 2.45) is 12.5 Å². The summed E-state index contributed by atoms with van der Waals surface area (Å²) in [5, 5.41) is 4.25. The lowest BCUT2D eigenvalue weighted by Crippen LogP contribution is -2.48. The molecule has 1 aliphatic rings. The summed E-state index contributed by atoms with van der Waals surface area (Å²) in [5.74, 6) is -0.0707. The lowest BCUT2D eigenvalue weighted by molar-refractivity contribution is -0.159. The van der Waals surface area contributed by atoms with E-state index in [1.54, 1.807) is 0 Å². The highest BCUT2D eigenvalue weighted by molar-refractivity contribution is 5.77. The Kier molecular flexibility index (Phi) is 6.45. The van der Waals surface area contributed by atoms with Gasteiger partial charge in [0.05, 0.1) is 18.2 Å². The maximum absolute atomic E-state index is 12.9. The summed E-state index contributed by atoms with van der Waals surface area (Å²) in [4.78, 5) is 15.2. The quantitative estimate of drug-likeness (QED) is 0.701. The molecule has 1 atom stereocenters. The van der Waals surface area contributed by atoms with E-state index in [2.05, 4.69) is 34.3 Å². The number of likely N-dealkylation sites (tertiary alicyclic amines) is 1. The molecule has 1 fully saturated rings. The highest BCUT2D eigenvalue weighted by Gasteiger charge is 2.42. The largest absolute Gasteiger partial charge is 0.466 e. The molecule has 2 aromatic rings. The first kappa shape index (κ1) is 19.4. The zero-order valence-electron chi connectivity index (χ0n) is 16.3. The van der Waals surface area contributed by atoms with Gasteiger partial charge in [0.1, 0.15) is 0 Å². The SMILES string of the molecule is CCOC(=O)C1(C/C=C/c2ccccc2)CCCN(Cc2cnn(C)c2)C1. The van der Waals surface area contributed by atoms with Gasteiger partial charge in [0.15, 0.2) is 0 Å². The number of aryl methyl sites for hydroxylation is 1. The van der Waals surface area contributed by atoms with Crippen molar-refractivity contribution < 1.29 is 9.53 Å². The smallest absolute Gasteiger partial charge is 0.313 e. The van der Waals surface area contributed by atoms with E-state index in [0.717, 1.165) is 38.0 Å². The van der Waals surface area contributed by atoms with Crippen molar-refractivity contribution in [1.29, 1.82) is 0 Å². The van der Waals surface area contributed by atoms with Gasteiger partial charge in [-0.3, -0.25) is 14.4 Å². The molecule has 5 heteroatoms. The summed E-state index contributed by atoms with van der Waals surface area (Å²) in [7, 11) is 1.93. The first-order valence-corrected chi connectivity index (χ1v) is 9.70. The van der Waals surface area contributed by atoms with Gasteiger partial charge in [-0.25, -0.2) is 0 Å². The van der Waals surface area contributed by atoms with E-state index < -0.39 is 5.41 Å². The van der Waals surface area contributed by atoms with E-state index in [4.69, 9.17) is 4.74 Å². The number of aromatic nitrogens is 2. The summed E-state index contributed by atoms with van der Waals surface area (Å²) in [5.41, 5.74) is 1.86. The standard InChI is InChI=1S/C22H29N3O2/c1-3-27-21(26)22(12-7-11-19-9-5-4-6-10-19)13-8-14-25(18-22)17-20-15-23-24(2)16-20/h4-7,9-11,15-16H,3,8,12-14,17-18H2,1-2H3/b11-7+. The third kappa shape index (κ3) is 5.07. The van der Waals surface area contributed by atoms with Crippen LogP contribution in [-0.2, 0) is 23.1 Å². The Morgan fingerprint density at radius 1 is 1.33 bits per heavy atom. The molecule has 0 spiro atoms. The van der Waals surface area contributed by atoms with Gasteiger partial charge in [-0.2, -0.15) is 5.10 Å². The first-order chi connectivity index (χ1) is 13.1. The highest BCUT2D eigenvalue weighted by Crippen LogP contribution is 2.36. The molecule has 1 aromatic carbocycles. The van der Waals surface area contributed by atoms with Crippen molar-refractivity contribution in [1.82, 2.24) is 14.7 Å². The van der Waals surface area contributed by atoms with E-state index in [0.29, 0.717) is 13.0 Å². The molecular weight excluding hydrogens is 338 g/mol. The van der Waals surface area contributed by atoms with Crippen LogP contribution >= 0.6 is 0 Å². The van der Waals surface area contributed by atoms with Crippen LogP contribution in [0, 0.1) is 5.41 Å². The van der Waals surface area contributed by atoms with Gasteiger partial charge < -0.3 is 4.74 Å². The van der Waals surface area contributed by atoms with Crippen LogP contribution in [-0.4, -0.2) is 40.3 Å². The lowest BCUT2D eigenvalue weighted by Gasteiger charge is -2.40. The van der Waals surface area contributed by atoms with Crippen LogP contribution in [0.25, 0.3) is 6.08 Å². The van der Waals surface area contributed by atoms with Crippen LogP contribution in [0.1, 0.15) is 37.3 Å². The monoisotopic (exact) mass is 367 g/mol. The molecule has 5 nitrogen and oxygen atoms in total. The number of ether oxygens (including phenoxy) is 1. The Labute approximate surface area is 161 Å². The number of esters is 1. The summed E-state index contributed by atoms with van der Waals surface area (Å²) in [6, 6.07) is 10.2. The number of carbonyl (C=O) groups is 1. The molecule has 0 N–H and O–H groups in total. The van der Waals surface area contributed by atoms with Crippen LogP contribution < -0.4 is 0 Å². The number of carbonyl (C=O) groups excluding carboxylic acids is 1. The van der Waals surface area contributed by atoms with E-state index in [1.165, 1.54) is 5.56 Å². The van der Waals surface area contributed by atoms with E-state index in [1.807, 2.05) is 49.2 Å². The van der Waals surface area contributed by atoms with Crippen LogP contribution in [0.4, 0.5) is 0 Å². The van der Waals surface area contributed by atoms with Gasteiger partial charge in [-0.05, 0) is 38.3 Å². The number of piperidine rings is 1. The van der Waals surface area contributed by atoms with Crippen molar-refractivity contribution in [2.45, 2.75) is 32.7 Å². The lowest BCUT2D eigenvalue weighted by atomic mass is 9.76. The van der Waals surface area contributed by atoms with Crippen molar-refractivity contribution in [3.05, 3.63) is 59.9 Å². The summed E-state index contributed by atoms with van der Waals surface area (Å²) in [6.07, 6.45) is 10.7. The molecule has 0 aliphatic carbocycles. The molecule has 1 aliphatic heterocycles. The predicted octanol–water partition coefficient (Wildman–Crippen LogP) is 3.67. The zero-order chi connectivity index (χ0) is 19.1. The Morgan fingerprint density at radius 2 is 2.15 bits per heavy atom. The number of benzene rings is 1. The number of hydrogen-bond acceptors (Lipinski definition) is 4. The molecule has 0 radical (unpaired) electrons. The van der Waals surface area contributed by atoms with Crippen molar-refractivity contribution in [3.63, 3.8) is 0 Å². The van der Waals surface area contributed by atoms with Gasteiger partial charge in [0, 0.05) is 31.9 Å². The van der Waals surface area contributed by atoms with E-state index >= 15 is 0 Å². The van der Waals surface area contributed by atoms with Crippen LogP contribution in [0.15, 0.2) is 48.8 Å². The van der Waals surface area contributed by atoms with Crippen molar-refractivity contribution in [3.8, 4) is 0 Å². The minimum Gasteiger partial charge on any atom is -0.466 e. The third-order valence-corrected chi connectivity index (χ3v) is 5.15. The Balaban J connectivity index is 1.73. The fourth-order valence-electron chi connectivity index (χ4n) is 3.86. The van der Waals surface area contributed by atoms with Gasteiger partial charge in [-0.1, -0.05) is 42.5 Å². The fourth-order valence-corrected chi connectivity index (χ4v) is 3.86. The summed E-state index contributed by atoms with van der Waals surface area (Å²) < 4.78 is 7.29. The van der Waals surface area contributed by atoms with E-state index in [-0.39, 0.29) is 5.97 Å². The molecule has 1 unspecified atom stereocenters. The number of allylic oxidation sites excluding steroid dienone is 1. The number of hydrogen-bond donors (Lipinski definition) is 0. The first-order valence-electron chi connectivity index (χ1n) is 9.70. The summed E-state index contributed by atoms with van der Waals surface area (Å²) >= 11 is 0. The highest BCUT2D eigenvalue weighted by atomic mass is 16.5. The van der Waals surface area contributed by atoms with Crippen molar-refractivity contribution in [2.75, 3.05) is 19.7 Å². The van der Waals surface area contributed by atoms with Crippen molar-refractivity contribution >= 4 is 12.0 Å². The van der Waals surface area contributed by atoms with Gasteiger partial charge in [0.25, 0.3) is 0 Å². The molecule has 0 amide bonds. The predicted molar refractivity (Wildman–Crippen MR) is 107 cm³/mol. The zero-order valence-corrected chi connectivity index (χ0v) is 16.3. The Bertz CT molecular complexity index is 769. The molecule has 2 heterocycles. The fraction of sp³-hybridized carbons (Fsp3) is 0.455. The maximum atomic E-state index is 12.9. The average molecular weight is 367 g/mol. The topological polar surface area (TPSA) is 47.4 Å². The number of nitrogens with zero attached hydrogens (tertiary/aromatic N) is 3. The maximum Gasteiger partial charge on any atom is 0.313 e. The van der Waals surface area contributed by atoms with E-state index in [9.17, 15) is 4.79 Å². The van der Waals surface area contributed by atoms with Gasteiger partial charge in [-0.15, -0.1) is 0 Å². The second kappa shape index (κ2) is 9.00. The molecule has 144 valence electrons. The average Bonchev–Trinajstić information content (AvgIpc) is 3.08. The minimum absolute atomic E-state index is 0.0707. The molecule has 1 saturated heterocycles.